The molecule has 5 heterocycles. The van der Waals surface area contributed by atoms with Crippen LogP contribution in [0.4, 0.5) is 0 Å². The highest BCUT2D eigenvalue weighted by Crippen LogP contribution is 2.38. The third-order valence-corrected chi connectivity index (χ3v) is 5.02. The smallest absolute Gasteiger partial charge is 0.312 e. The summed E-state index contributed by atoms with van der Waals surface area (Å²) in [7, 11) is 1.78. The lowest BCUT2D eigenvalue weighted by atomic mass is 10.2. The van der Waals surface area contributed by atoms with Crippen LogP contribution in [-0.4, -0.2) is 45.7 Å². The maximum Gasteiger partial charge on any atom is 0.312 e. The molecule has 1 amide bonds. The average molecular weight is 402 g/mol. The molecule has 0 fully saturated rings. The summed E-state index contributed by atoms with van der Waals surface area (Å²) in [6.07, 6.45) is 4.91. The van der Waals surface area contributed by atoms with Gasteiger partial charge in [-0.1, -0.05) is 12.1 Å². The number of rotatable bonds is 3. The fourth-order valence-electron chi connectivity index (χ4n) is 3.63. The Hall–Kier alpha value is -4.28. The number of oxazole rings is 1. The standard InChI is InChI=1S/C19H14N8O3/c1-26-7-10(6-22-26)16-24-25-18(30-16)19(28)27-8-12-14(21-9-20-12)15(27)17-23-11-4-2-3-5-13(11)29-17/h2-7,9,15H,8H2,1H3,(H,20,21)/t15-/m1/s1. The van der Waals surface area contributed by atoms with Gasteiger partial charge in [-0.25, -0.2) is 9.97 Å². The first-order valence-corrected chi connectivity index (χ1v) is 9.18. The van der Waals surface area contributed by atoms with E-state index in [1.165, 1.54) is 0 Å². The Morgan fingerprint density at radius 3 is 2.97 bits per heavy atom. The summed E-state index contributed by atoms with van der Waals surface area (Å²) in [5, 5.41) is 12.0. The molecule has 0 saturated heterocycles. The number of nitrogens with zero attached hydrogens (tertiary/aromatic N) is 7. The Balaban J connectivity index is 1.38. The zero-order chi connectivity index (χ0) is 20.2. The third-order valence-electron chi connectivity index (χ3n) is 5.02. The van der Waals surface area contributed by atoms with Gasteiger partial charge in [-0.3, -0.25) is 9.48 Å². The van der Waals surface area contributed by atoms with Gasteiger partial charge in [0.2, 0.25) is 5.89 Å². The maximum atomic E-state index is 13.3. The van der Waals surface area contributed by atoms with E-state index in [1.807, 2.05) is 24.3 Å². The first-order chi connectivity index (χ1) is 14.7. The molecule has 0 aliphatic carbocycles. The molecule has 30 heavy (non-hydrogen) atoms. The van der Waals surface area contributed by atoms with E-state index in [9.17, 15) is 4.79 Å². The van der Waals surface area contributed by atoms with Crippen LogP contribution in [0.1, 0.15) is 34.0 Å². The molecule has 0 unspecified atom stereocenters. The Morgan fingerprint density at radius 1 is 1.23 bits per heavy atom. The number of imidazole rings is 1. The van der Waals surface area contributed by atoms with Gasteiger partial charge < -0.3 is 18.7 Å². The molecule has 0 bridgehead atoms. The highest BCUT2D eigenvalue weighted by Gasteiger charge is 2.42. The van der Waals surface area contributed by atoms with Crippen molar-refractivity contribution in [2.24, 2.45) is 7.05 Å². The van der Waals surface area contributed by atoms with Crippen LogP contribution in [0.25, 0.3) is 22.6 Å². The van der Waals surface area contributed by atoms with Crippen LogP contribution in [0, 0.1) is 0 Å². The highest BCUT2D eigenvalue weighted by atomic mass is 16.4. The number of benzene rings is 1. The minimum atomic E-state index is -0.597. The Kier molecular flexibility index (Phi) is 3.39. The molecule has 0 radical (unpaired) electrons. The van der Waals surface area contributed by atoms with Gasteiger partial charge in [0.15, 0.2) is 11.6 Å². The molecule has 5 aromatic rings. The van der Waals surface area contributed by atoms with Gasteiger partial charge in [0.1, 0.15) is 5.52 Å². The lowest BCUT2D eigenvalue weighted by molar-refractivity contribution is 0.0656. The average Bonchev–Trinajstić information content (AvgIpc) is 3.53. The highest BCUT2D eigenvalue weighted by molar-refractivity contribution is 5.90. The minimum absolute atomic E-state index is 0.125. The second-order valence-corrected chi connectivity index (χ2v) is 6.94. The number of para-hydroxylation sites is 2. The van der Waals surface area contributed by atoms with Gasteiger partial charge in [-0.05, 0) is 12.1 Å². The van der Waals surface area contributed by atoms with Crippen LogP contribution < -0.4 is 0 Å². The van der Waals surface area contributed by atoms with Gasteiger partial charge in [0, 0.05) is 13.2 Å². The van der Waals surface area contributed by atoms with E-state index < -0.39 is 11.9 Å². The number of amides is 1. The minimum Gasteiger partial charge on any atom is -0.438 e. The number of H-pyrrole nitrogens is 1. The number of aromatic amines is 1. The van der Waals surface area contributed by atoms with Crippen LogP contribution in [0.5, 0.6) is 0 Å². The lowest BCUT2D eigenvalue weighted by Gasteiger charge is -2.20. The Morgan fingerprint density at radius 2 is 2.13 bits per heavy atom. The van der Waals surface area contributed by atoms with Crippen molar-refractivity contribution >= 4 is 17.0 Å². The molecule has 148 valence electrons. The Labute approximate surface area is 168 Å². The molecule has 11 nitrogen and oxygen atoms in total. The second kappa shape index (κ2) is 6.11. The van der Waals surface area contributed by atoms with Gasteiger partial charge in [-0.15, -0.1) is 10.2 Å². The number of nitrogens with one attached hydrogen (secondary N) is 1. The Bertz CT molecular complexity index is 1360. The van der Waals surface area contributed by atoms with Gasteiger partial charge in [-0.2, -0.15) is 5.10 Å². The second-order valence-electron chi connectivity index (χ2n) is 6.94. The molecule has 1 atom stereocenters. The van der Waals surface area contributed by atoms with Crippen LogP contribution in [0.2, 0.25) is 0 Å². The first kappa shape index (κ1) is 16.7. The predicted octanol–water partition coefficient (Wildman–Crippen LogP) is 2.08. The molecular formula is C19H14N8O3. The van der Waals surface area contributed by atoms with Crippen molar-refractivity contribution in [3.8, 4) is 11.5 Å². The summed E-state index contributed by atoms with van der Waals surface area (Å²) in [6.45, 7) is 0.294. The van der Waals surface area contributed by atoms with Crippen molar-refractivity contribution in [3.63, 3.8) is 0 Å². The quantitative estimate of drug-likeness (QED) is 0.485. The molecule has 1 aliphatic heterocycles. The molecule has 1 N–H and O–H groups in total. The molecule has 11 heteroatoms. The van der Waals surface area contributed by atoms with Crippen molar-refractivity contribution in [2.75, 3.05) is 0 Å². The van der Waals surface area contributed by atoms with E-state index in [0.717, 1.165) is 5.69 Å². The number of carbonyl (C=O) groups excluding carboxylic acids is 1. The van der Waals surface area contributed by atoms with Crippen molar-refractivity contribution in [2.45, 2.75) is 12.6 Å². The number of hydrogen-bond acceptors (Lipinski definition) is 8. The van der Waals surface area contributed by atoms with Crippen LogP contribution in [0.15, 0.2) is 51.8 Å². The summed E-state index contributed by atoms with van der Waals surface area (Å²) >= 11 is 0. The number of hydrogen-bond donors (Lipinski definition) is 1. The lowest BCUT2D eigenvalue weighted by Crippen LogP contribution is -2.31. The third kappa shape index (κ3) is 2.45. The molecule has 6 rings (SSSR count). The fraction of sp³-hybridized carbons (Fsp3) is 0.158. The maximum absolute atomic E-state index is 13.3. The van der Waals surface area contributed by atoms with E-state index >= 15 is 0 Å². The summed E-state index contributed by atoms with van der Waals surface area (Å²) < 4.78 is 13.2. The first-order valence-electron chi connectivity index (χ1n) is 9.18. The number of fused-ring (bicyclic) bond motifs is 2. The topological polar surface area (TPSA) is 132 Å². The van der Waals surface area contributed by atoms with Gasteiger partial charge in [0.25, 0.3) is 5.89 Å². The normalized spacial score (nSPS) is 15.8. The van der Waals surface area contributed by atoms with E-state index in [2.05, 4.69) is 30.2 Å². The zero-order valence-corrected chi connectivity index (χ0v) is 15.7. The SMILES string of the molecule is Cn1cc(-c2nnc(C(=O)N3Cc4[nH]cnc4[C@@H]3c3nc4ccccc4o3)o2)cn1. The summed E-state index contributed by atoms with van der Waals surface area (Å²) in [5.74, 6) is 0.0412. The van der Waals surface area contributed by atoms with E-state index in [1.54, 1.807) is 35.4 Å². The summed E-state index contributed by atoms with van der Waals surface area (Å²) in [5.41, 5.74) is 3.47. The largest absolute Gasteiger partial charge is 0.438 e. The van der Waals surface area contributed by atoms with Crippen LogP contribution >= 0.6 is 0 Å². The van der Waals surface area contributed by atoms with E-state index in [-0.39, 0.29) is 11.8 Å². The molecular weight excluding hydrogens is 388 g/mol. The zero-order valence-electron chi connectivity index (χ0n) is 15.7. The van der Waals surface area contributed by atoms with Gasteiger partial charge in [0.05, 0.1) is 36.0 Å². The van der Waals surface area contributed by atoms with Crippen molar-refractivity contribution in [1.29, 1.82) is 0 Å². The summed E-state index contributed by atoms with van der Waals surface area (Å²) in [6, 6.07) is 6.83. The van der Waals surface area contributed by atoms with Crippen molar-refractivity contribution in [1.82, 2.24) is 39.8 Å². The molecule has 0 saturated carbocycles. The summed E-state index contributed by atoms with van der Waals surface area (Å²) in [4.78, 5) is 26.8. The number of aryl methyl sites for hydroxylation is 1. The molecule has 1 aromatic carbocycles. The fourth-order valence-corrected chi connectivity index (χ4v) is 3.63. The van der Waals surface area contributed by atoms with Crippen molar-refractivity contribution in [3.05, 3.63) is 66.2 Å². The van der Waals surface area contributed by atoms with Gasteiger partial charge >= 0.3 is 11.8 Å². The monoisotopic (exact) mass is 402 g/mol. The van der Waals surface area contributed by atoms with E-state index in [0.29, 0.717) is 34.8 Å². The van der Waals surface area contributed by atoms with Crippen molar-refractivity contribution < 1.29 is 13.6 Å². The molecule has 0 spiro atoms. The molecule has 4 aromatic heterocycles. The van der Waals surface area contributed by atoms with Crippen LogP contribution in [0.3, 0.4) is 0 Å². The number of aromatic nitrogens is 7. The predicted molar refractivity (Wildman–Crippen MR) is 101 cm³/mol. The van der Waals surface area contributed by atoms with Crippen LogP contribution in [-0.2, 0) is 13.6 Å². The van der Waals surface area contributed by atoms with E-state index in [4.69, 9.17) is 8.83 Å². The number of carbonyl (C=O) groups is 1. The molecule has 1 aliphatic rings.